The van der Waals surface area contributed by atoms with Crippen molar-refractivity contribution in [3.05, 3.63) is 10.6 Å². The van der Waals surface area contributed by atoms with Gasteiger partial charge in [-0.15, -0.1) is 11.3 Å². The molecule has 2 N–H and O–H groups in total. The maximum Gasteiger partial charge on any atom is 0.186 e. The molecule has 0 aromatic carbocycles. The van der Waals surface area contributed by atoms with E-state index in [1.807, 2.05) is 0 Å². The Hall–Kier alpha value is -0.650. The number of hydrogen-bond donors (Lipinski definition) is 1. The van der Waals surface area contributed by atoms with Crippen LogP contribution in [0.5, 0.6) is 0 Å². The Bertz CT molecular complexity index is 354. The average Bonchev–Trinajstić information content (AvgIpc) is 2.74. The van der Waals surface area contributed by atoms with Crippen LogP contribution in [-0.4, -0.2) is 31.3 Å². The molecule has 1 heterocycles. The van der Waals surface area contributed by atoms with Gasteiger partial charge >= 0.3 is 0 Å². The van der Waals surface area contributed by atoms with Gasteiger partial charge in [-0.25, -0.2) is 4.98 Å². The third-order valence-electron chi connectivity index (χ3n) is 2.97. The Morgan fingerprint density at radius 1 is 1.44 bits per heavy atom. The van der Waals surface area contributed by atoms with Gasteiger partial charge in [-0.1, -0.05) is 13.3 Å². The summed E-state index contributed by atoms with van der Waals surface area (Å²) >= 11 is 1.72. The average molecular weight is 271 g/mol. The lowest BCUT2D eigenvalue weighted by Gasteiger charge is -2.26. The predicted molar refractivity (Wildman–Crippen MR) is 78.4 cm³/mol. The molecule has 0 saturated carbocycles. The van der Waals surface area contributed by atoms with Gasteiger partial charge in [0.05, 0.1) is 18.3 Å². The topological polar surface area (TPSA) is 51.4 Å². The van der Waals surface area contributed by atoms with E-state index < -0.39 is 0 Å². The van der Waals surface area contributed by atoms with Crippen LogP contribution in [0.3, 0.4) is 0 Å². The second-order valence-electron chi connectivity index (χ2n) is 4.41. The van der Waals surface area contributed by atoms with Gasteiger partial charge in [-0.3, -0.25) is 0 Å². The molecule has 1 aromatic heterocycles. The van der Waals surface area contributed by atoms with E-state index in [4.69, 9.17) is 15.5 Å². The van der Waals surface area contributed by atoms with Crippen molar-refractivity contribution in [2.24, 2.45) is 5.73 Å². The molecule has 0 amide bonds. The van der Waals surface area contributed by atoms with Crippen molar-refractivity contribution in [2.75, 3.05) is 25.2 Å². The molecule has 18 heavy (non-hydrogen) atoms. The lowest BCUT2D eigenvalue weighted by molar-refractivity contribution is 0.182. The van der Waals surface area contributed by atoms with Crippen LogP contribution in [-0.2, 0) is 17.7 Å². The summed E-state index contributed by atoms with van der Waals surface area (Å²) in [6, 6.07) is 0.339. The Kier molecular flexibility index (Phi) is 6.60. The Labute approximate surface area is 114 Å². The molecular weight excluding hydrogens is 246 g/mol. The second kappa shape index (κ2) is 7.71. The Morgan fingerprint density at radius 3 is 2.67 bits per heavy atom. The van der Waals surface area contributed by atoms with Crippen LogP contribution in [0.1, 0.15) is 37.8 Å². The van der Waals surface area contributed by atoms with Gasteiger partial charge in [-0.2, -0.15) is 0 Å². The summed E-state index contributed by atoms with van der Waals surface area (Å²) in [5.74, 6) is 0. The third-order valence-corrected chi connectivity index (χ3v) is 4.12. The van der Waals surface area contributed by atoms with Gasteiger partial charge in [0.2, 0.25) is 0 Å². The highest BCUT2D eigenvalue weighted by molar-refractivity contribution is 7.15. The van der Waals surface area contributed by atoms with E-state index in [0.29, 0.717) is 19.2 Å². The lowest BCUT2D eigenvalue weighted by Crippen LogP contribution is -2.36. The Balaban J connectivity index is 2.91. The van der Waals surface area contributed by atoms with Crippen LogP contribution >= 0.6 is 11.3 Å². The van der Waals surface area contributed by atoms with Crippen LogP contribution in [0.15, 0.2) is 0 Å². The number of nitrogens with two attached hydrogens (primary N) is 1. The number of hydrogen-bond acceptors (Lipinski definition) is 5. The van der Waals surface area contributed by atoms with Crippen LogP contribution in [0.2, 0.25) is 0 Å². The van der Waals surface area contributed by atoms with E-state index in [9.17, 15) is 0 Å². The minimum atomic E-state index is 0.339. The van der Waals surface area contributed by atoms with E-state index in [1.165, 1.54) is 10.6 Å². The number of methoxy groups -OCH3 is 1. The smallest absolute Gasteiger partial charge is 0.186 e. The molecule has 0 spiro atoms. The van der Waals surface area contributed by atoms with Crippen molar-refractivity contribution < 1.29 is 4.74 Å². The Morgan fingerprint density at radius 2 is 2.17 bits per heavy atom. The highest BCUT2D eigenvalue weighted by Gasteiger charge is 2.18. The predicted octanol–water partition coefficient (Wildman–Crippen LogP) is 2.42. The molecule has 0 aliphatic carbocycles. The highest BCUT2D eigenvalue weighted by Crippen LogP contribution is 2.28. The number of aromatic nitrogens is 1. The molecule has 0 fully saturated rings. The van der Waals surface area contributed by atoms with Crippen LogP contribution < -0.4 is 10.6 Å². The van der Waals surface area contributed by atoms with Gasteiger partial charge in [0, 0.05) is 25.1 Å². The molecule has 0 radical (unpaired) electrons. The van der Waals surface area contributed by atoms with Crippen LogP contribution in [0.25, 0.3) is 0 Å². The monoisotopic (exact) mass is 271 g/mol. The lowest BCUT2D eigenvalue weighted by atomic mass is 10.2. The molecule has 1 unspecified atom stereocenters. The first kappa shape index (κ1) is 15.4. The molecule has 1 rings (SSSR count). The minimum absolute atomic E-state index is 0.339. The number of rotatable bonds is 8. The van der Waals surface area contributed by atoms with Crippen molar-refractivity contribution >= 4 is 16.5 Å². The maximum atomic E-state index is 5.80. The normalized spacial score (nSPS) is 12.7. The summed E-state index contributed by atoms with van der Waals surface area (Å²) in [4.78, 5) is 8.26. The molecule has 0 saturated heterocycles. The van der Waals surface area contributed by atoms with Crippen LogP contribution in [0, 0.1) is 0 Å². The largest absolute Gasteiger partial charge is 0.383 e. The van der Waals surface area contributed by atoms with E-state index >= 15 is 0 Å². The summed E-state index contributed by atoms with van der Waals surface area (Å²) in [6.07, 6.45) is 2.12. The van der Waals surface area contributed by atoms with Crippen molar-refractivity contribution in [3.63, 3.8) is 0 Å². The number of ether oxygens (including phenoxy) is 1. The zero-order valence-electron chi connectivity index (χ0n) is 11.9. The first-order valence-corrected chi connectivity index (χ1v) is 7.43. The van der Waals surface area contributed by atoms with Crippen LogP contribution in [0.4, 0.5) is 5.13 Å². The molecule has 4 nitrogen and oxygen atoms in total. The summed E-state index contributed by atoms with van der Waals surface area (Å²) in [7, 11) is 1.74. The minimum Gasteiger partial charge on any atom is -0.383 e. The van der Waals surface area contributed by atoms with Gasteiger partial charge in [0.1, 0.15) is 0 Å². The zero-order valence-corrected chi connectivity index (χ0v) is 12.7. The fraction of sp³-hybridized carbons (Fsp3) is 0.769. The zero-order chi connectivity index (χ0) is 13.5. The van der Waals surface area contributed by atoms with E-state index in [0.717, 1.165) is 24.5 Å². The molecule has 0 aliphatic rings. The SMILES string of the molecule is CCCc1nc(N(CC)C(C)COC)sc1CN. The molecule has 1 aromatic rings. The van der Waals surface area contributed by atoms with Crippen molar-refractivity contribution in [1.82, 2.24) is 4.98 Å². The molecule has 1 atom stereocenters. The second-order valence-corrected chi connectivity index (χ2v) is 5.47. The molecule has 0 bridgehead atoms. The fourth-order valence-electron chi connectivity index (χ4n) is 2.05. The summed E-state index contributed by atoms with van der Waals surface area (Å²) in [5.41, 5.74) is 6.97. The van der Waals surface area contributed by atoms with Crippen molar-refractivity contribution in [2.45, 2.75) is 46.2 Å². The number of thiazole rings is 1. The number of anilines is 1. The number of likely N-dealkylation sites (N-methyl/N-ethyl adjacent to an activating group) is 1. The fourth-order valence-corrected chi connectivity index (χ4v) is 3.20. The van der Waals surface area contributed by atoms with Gasteiger partial charge in [0.15, 0.2) is 5.13 Å². The van der Waals surface area contributed by atoms with Gasteiger partial charge in [-0.05, 0) is 20.3 Å². The van der Waals surface area contributed by atoms with E-state index in [2.05, 4.69) is 25.7 Å². The maximum absolute atomic E-state index is 5.80. The summed E-state index contributed by atoms with van der Waals surface area (Å²) < 4.78 is 5.23. The summed E-state index contributed by atoms with van der Waals surface area (Å²) in [5, 5.41) is 1.07. The standard InChI is InChI=1S/C13H25N3OS/c1-5-7-11-12(8-14)18-13(15-11)16(6-2)10(3)9-17-4/h10H,5-9,14H2,1-4H3. The summed E-state index contributed by atoms with van der Waals surface area (Å²) in [6.45, 7) is 8.72. The van der Waals surface area contributed by atoms with E-state index in [1.54, 1.807) is 18.4 Å². The molecular formula is C13H25N3OS. The van der Waals surface area contributed by atoms with Gasteiger partial charge < -0.3 is 15.4 Å². The number of nitrogens with zero attached hydrogens (tertiary/aromatic N) is 2. The quantitative estimate of drug-likeness (QED) is 0.789. The highest BCUT2D eigenvalue weighted by atomic mass is 32.1. The molecule has 0 aliphatic heterocycles. The molecule has 104 valence electrons. The van der Waals surface area contributed by atoms with Gasteiger partial charge in [0.25, 0.3) is 0 Å². The van der Waals surface area contributed by atoms with E-state index in [-0.39, 0.29) is 0 Å². The third kappa shape index (κ3) is 3.67. The van der Waals surface area contributed by atoms with Crippen molar-refractivity contribution in [3.8, 4) is 0 Å². The first-order valence-electron chi connectivity index (χ1n) is 6.62. The molecule has 5 heteroatoms. The first-order chi connectivity index (χ1) is 8.67. The van der Waals surface area contributed by atoms with Crippen molar-refractivity contribution in [1.29, 1.82) is 0 Å². The number of aryl methyl sites for hydroxylation is 1.